The van der Waals surface area contributed by atoms with Gasteiger partial charge in [0.05, 0.1) is 16.7 Å². The van der Waals surface area contributed by atoms with Crippen LogP contribution in [0.3, 0.4) is 0 Å². The Morgan fingerprint density at radius 2 is 0.695 bits per heavy atom. The third-order valence-corrected chi connectivity index (χ3v) is 22.7. The number of para-hydroxylation sites is 1. The van der Waals surface area contributed by atoms with Crippen LogP contribution in [0.25, 0.3) is 83.1 Å². The first-order valence-corrected chi connectivity index (χ1v) is 30.7. The molecule has 2 heteroatoms. The molecule has 0 fully saturated rings. The van der Waals surface area contributed by atoms with Crippen LogP contribution in [-0.2, 0) is 0 Å². The summed E-state index contributed by atoms with van der Waals surface area (Å²) in [5.41, 5.74) is 24.3. The Balaban J connectivity index is 0.967. The summed E-state index contributed by atoms with van der Waals surface area (Å²) in [6.45, 7) is 0. The molecule has 2 bridgehead atoms. The molecule has 0 radical (unpaired) electrons. The Morgan fingerprint density at radius 3 is 1.30 bits per heavy atom. The van der Waals surface area contributed by atoms with Crippen molar-refractivity contribution >= 4 is 50.6 Å². The molecular weight excluding hydrogens is 1000 g/mol. The fraction of sp³-hybridized carbons (Fsp3) is 0.0250. The van der Waals surface area contributed by atoms with Gasteiger partial charge in [-0.15, -0.1) is 0 Å². The van der Waals surface area contributed by atoms with Crippen LogP contribution < -0.4 is 20.7 Å². The topological polar surface area (TPSA) is 4.93 Å². The molecule has 1 heterocycles. The Bertz CT molecular complexity index is 4590. The van der Waals surface area contributed by atoms with Gasteiger partial charge in [0, 0.05) is 22.6 Å². The molecule has 82 heavy (non-hydrogen) atoms. The molecule has 14 aromatic rings. The largest absolute Gasteiger partial charge is 0.309 e. The smallest absolute Gasteiger partial charge is 0.179 e. The van der Waals surface area contributed by atoms with E-state index in [1.807, 2.05) is 0 Å². The molecule has 1 aromatic heterocycles. The fourth-order valence-electron chi connectivity index (χ4n) is 14.6. The standard InChI is InChI=1S/C80H55NSi/c1-6-25-54(26-7-1)58-33-20-37-62(51-58)82(61-35-14-5-15-36-61,63-38-21-34-59(52-63)55-27-8-2-9-28-55)75-48-24-45-70-77-67-40-16-17-41-68(67)80(79(70)75)78-69(77)44-23-47-74(78)81-72-46-19-18-39-66(72)71-53-60(49-50-73(71)81)76-64(56-29-10-3-11-30-56)42-22-43-65(76)57-31-12-4-13-32-57/h1-53,77,80H. The predicted octanol–water partition coefficient (Wildman–Crippen LogP) is 17.5. The first-order valence-electron chi connectivity index (χ1n) is 28.7. The summed E-state index contributed by atoms with van der Waals surface area (Å²) in [6, 6.07) is 121. The number of aromatic nitrogens is 1. The van der Waals surface area contributed by atoms with Crippen LogP contribution >= 0.6 is 0 Å². The zero-order valence-corrected chi connectivity index (χ0v) is 46.2. The van der Waals surface area contributed by atoms with Crippen molar-refractivity contribution in [1.82, 2.24) is 4.57 Å². The van der Waals surface area contributed by atoms with Gasteiger partial charge in [0.15, 0.2) is 8.07 Å². The Hall–Kier alpha value is -10.1. The van der Waals surface area contributed by atoms with Gasteiger partial charge in [-0.05, 0) is 134 Å². The number of benzene rings is 13. The normalized spacial score (nSPS) is 14.1. The molecule has 384 valence electrons. The monoisotopic (exact) mass is 1060 g/mol. The first-order chi connectivity index (χ1) is 40.7. The summed E-state index contributed by atoms with van der Waals surface area (Å²) >= 11 is 0. The minimum atomic E-state index is -3.26. The van der Waals surface area contributed by atoms with Crippen LogP contribution in [0.15, 0.2) is 322 Å². The summed E-state index contributed by atoms with van der Waals surface area (Å²) in [6.07, 6.45) is 0. The summed E-state index contributed by atoms with van der Waals surface area (Å²) in [5.74, 6) is -0.0315. The minimum Gasteiger partial charge on any atom is -0.309 e. The van der Waals surface area contributed by atoms with Crippen molar-refractivity contribution in [3.05, 3.63) is 355 Å². The summed E-state index contributed by atoms with van der Waals surface area (Å²) < 4.78 is 2.61. The molecule has 3 aliphatic carbocycles. The van der Waals surface area contributed by atoms with Gasteiger partial charge < -0.3 is 4.57 Å². The highest BCUT2D eigenvalue weighted by molar-refractivity contribution is 7.20. The maximum absolute atomic E-state index is 3.26. The maximum Gasteiger partial charge on any atom is 0.179 e. The van der Waals surface area contributed by atoms with Crippen molar-refractivity contribution in [3.63, 3.8) is 0 Å². The third kappa shape index (κ3) is 7.45. The lowest BCUT2D eigenvalue weighted by molar-refractivity contribution is 0.752. The van der Waals surface area contributed by atoms with E-state index < -0.39 is 8.07 Å². The number of hydrogen-bond donors (Lipinski definition) is 0. The molecular formula is C80H55NSi. The van der Waals surface area contributed by atoms with Crippen molar-refractivity contribution in [1.29, 1.82) is 0 Å². The maximum atomic E-state index is 2.61. The zero-order valence-electron chi connectivity index (χ0n) is 45.2. The van der Waals surface area contributed by atoms with E-state index in [0.717, 1.165) is 0 Å². The van der Waals surface area contributed by atoms with Crippen LogP contribution in [0, 0.1) is 0 Å². The number of fused-ring (bicyclic) bond motifs is 3. The molecule has 2 unspecified atom stereocenters. The van der Waals surface area contributed by atoms with Gasteiger partial charge in [0.25, 0.3) is 0 Å². The molecule has 0 saturated heterocycles. The molecule has 0 N–H and O–H groups in total. The van der Waals surface area contributed by atoms with Gasteiger partial charge in [-0.2, -0.15) is 0 Å². The second-order valence-corrected chi connectivity index (χ2v) is 25.9. The molecule has 0 spiro atoms. The highest BCUT2D eigenvalue weighted by Gasteiger charge is 2.50. The Labute approximate surface area is 480 Å². The minimum absolute atomic E-state index is 0.0328. The van der Waals surface area contributed by atoms with Crippen molar-refractivity contribution in [2.75, 3.05) is 0 Å². The second-order valence-electron chi connectivity index (χ2n) is 22.1. The average Bonchev–Trinajstić information content (AvgIpc) is 2.76. The Morgan fingerprint density at radius 1 is 0.256 bits per heavy atom. The lowest BCUT2D eigenvalue weighted by atomic mass is 9.60. The lowest BCUT2D eigenvalue weighted by Crippen LogP contribution is -2.75. The highest BCUT2D eigenvalue weighted by atomic mass is 28.3. The van der Waals surface area contributed by atoms with Gasteiger partial charge in [-0.3, -0.25) is 0 Å². The summed E-state index contributed by atoms with van der Waals surface area (Å²) in [4.78, 5) is 0. The van der Waals surface area contributed by atoms with E-state index in [9.17, 15) is 0 Å². The molecule has 0 saturated carbocycles. The summed E-state index contributed by atoms with van der Waals surface area (Å²) in [5, 5.41) is 8.01. The van der Waals surface area contributed by atoms with E-state index in [0.29, 0.717) is 0 Å². The van der Waals surface area contributed by atoms with Crippen LogP contribution in [-0.4, -0.2) is 12.6 Å². The van der Waals surface area contributed by atoms with Crippen LogP contribution in [0.4, 0.5) is 0 Å². The van der Waals surface area contributed by atoms with E-state index in [1.54, 1.807) is 0 Å². The second kappa shape index (κ2) is 19.6. The SMILES string of the molecule is c1ccc(-c2cccc([Si](c3ccccc3)(c3cccc(-c4ccccc4)c3)c3cccc4c3C3c5ccccc5C4c4cccc(-n5c6ccccc6c6cc(-c7c(-c8ccccc8)cccc7-c7ccccc7)ccc65)c43)c2)cc1. The zero-order chi connectivity index (χ0) is 54.1. The highest BCUT2D eigenvalue weighted by Crippen LogP contribution is 2.57. The van der Waals surface area contributed by atoms with E-state index in [4.69, 9.17) is 0 Å². The van der Waals surface area contributed by atoms with Crippen molar-refractivity contribution in [2.24, 2.45) is 0 Å². The molecule has 13 aromatic carbocycles. The lowest BCUT2D eigenvalue weighted by Gasteiger charge is -2.47. The van der Waals surface area contributed by atoms with Gasteiger partial charge in [-0.1, -0.05) is 297 Å². The fourth-order valence-corrected chi connectivity index (χ4v) is 19.7. The van der Waals surface area contributed by atoms with Crippen molar-refractivity contribution in [3.8, 4) is 61.3 Å². The van der Waals surface area contributed by atoms with E-state index in [2.05, 4.69) is 326 Å². The van der Waals surface area contributed by atoms with Gasteiger partial charge in [0.1, 0.15) is 0 Å². The van der Waals surface area contributed by atoms with Gasteiger partial charge in [0.2, 0.25) is 0 Å². The van der Waals surface area contributed by atoms with Crippen LogP contribution in [0.2, 0.25) is 0 Å². The van der Waals surface area contributed by atoms with Gasteiger partial charge >= 0.3 is 0 Å². The summed E-state index contributed by atoms with van der Waals surface area (Å²) in [7, 11) is -3.26. The third-order valence-electron chi connectivity index (χ3n) is 17.9. The number of hydrogen-bond acceptors (Lipinski definition) is 0. The number of nitrogens with zero attached hydrogens (tertiary/aromatic N) is 1. The predicted molar refractivity (Wildman–Crippen MR) is 346 cm³/mol. The Kier molecular flexibility index (Phi) is 11.4. The van der Waals surface area contributed by atoms with E-state index in [1.165, 1.54) is 137 Å². The van der Waals surface area contributed by atoms with Gasteiger partial charge in [-0.25, -0.2) is 0 Å². The van der Waals surface area contributed by atoms with Crippen molar-refractivity contribution < 1.29 is 0 Å². The molecule has 3 aliphatic rings. The quantitative estimate of drug-likeness (QED) is 0.0950. The molecule has 17 rings (SSSR count). The number of rotatable bonds is 10. The molecule has 0 amide bonds. The molecule has 0 aliphatic heterocycles. The van der Waals surface area contributed by atoms with Crippen LogP contribution in [0.1, 0.15) is 45.2 Å². The van der Waals surface area contributed by atoms with Crippen LogP contribution in [0.5, 0.6) is 0 Å². The molecule has 1 nitrogen and oxygen atoms in total. The molecule has 2 atom stereocenters. The average molecular weight is 1060 g/mol. The first kappa shape index (κ1) is 47.8. The van der Waals surface area contributed by atoms with E-state index in [-0.39, 0.29) is 11.8 Å². The van der Waals surface area contributed by atoms with E-state index >= 15 is 0 Å². The van der Waals surface area contributed by atoms with Crippen molar-refractivity contribution in [2.45, 2.75) is 11.8 Å².